The van der Waals surface area contributed by atoms with Crippen LogP contribution in [0.3, 0.4) is 0 Å². The van der Waals surface area contributed by atoms with Crippen LogP contribution in [-0.2, 0) is 0 Å². The van der Waals surface area contributed by atoms with Gasteiger partial charge in [0.05, 0.1) is 0 Å². The molecule has 11 aromatic rings. The number of nitrogens with zero attached hydrogens (tertiary/aromatic N) is 1. The van der Waals surface area contributed by atoms with Gasteiger partial charge >= 0.3 is 0 Å². The van der Waals surface area contributed by atoms with E-state index in [0.29, 0.717) is 0 Å². The molecule has 0 spiro atoms. The van der Waals surface area contributed by atoms with Crippen molar-refractivity contribution >= 4 is 103 Å². The number of para-hydroxylation sites is 1. The van der Waals surface area contributed by atoms with Gasteiger partial charge in [0, 0.05) is 17.1 Å². The lowest BCUT2D eigenvalue weighted by Gasteiger charge is -2.27. The average Bonchev–Trinajstić information content (AvgIpc) is 3.16. The lowest BCUT2D eigenvalue weighted by atomic mass is 9.87. The van der Waals surface area contributed by atoms with E-state index >= 15 is 0 Å². The second-order valence-electron chi connectivity index (χ2n) is 13.3. The van der Waals surface area contributed by atoms with Crippen LogP contribution in [0.1, 0.15) is 0 Å². The van der Waals surface area contributed by atoms with Crippen molar-refractivity contribution in [2.45, 2.75) is 0 Å². The summed E-state index contributed by atoms with van der Waals surface area (Å²) in [7, 11) is 0. The molecule has 11 rings (SSSR count). The van der Waals surface area contributed by atoms with Crippen LogP contribution in [0.2, 0.25) is 0 Å². The number of benzene rings is 10. The Kier molecular flexibility index (Phi) is 5.45. The molecule has 0 saturated heterocycles. The molecule has 0 aliphatic heterocycles. The molecule has 0 aliphatic rings. The summed E-state index contributed by atoms with van der Waals surface area (Å²) in [6, 6.07) is 65.3. The maximum absolute atomic E-state index is 2.44. The number of fused-ring (bicyclic) bond motifs is 5. The van der Waals surface area contributed by atoms with Crippen molar-refractivity contribution in [1.29, 1.82) is 0 Å². The third-order valence-electron chi connectivity index (χ3n) is 10.7. The van der Waals surface area contributed by atoms with E-state index in [-0.39, 0.29) is 0 Å². The minimum absolute atomic E-state index is 1.13. The van der Waals surface area contributed by atoms with E-state index in [9.17, 15) is 0 Å². The molecule has 0 amide bonds. The maximum atomic E-state index is 2.44. The van der Waals surface area contributed by atoms with Gasteiger partial charge in [-0.15, -0.1) is 0 Å². The van der Waals surface area contributed by atoms with Crippen LogP contribution >= 0.6 is 0 Å². The van der Waals surface area contributed by atoms with Gasteiger partial charge in [-0.3, -0.25) is 0 Å². The van der Waals surface area contributed by atoms with Crippen LogP contribution in [0, 0.1) is 0 Å². The normalized spacial score (nSPS) is 12.1. The minimum atomic E-state index is 1.13. The Morgan fingerprint density at radius 1 is 0.224 bits per heavy atom. The van der Waals surface area contributed by atoms with Crippen LogP contribution < -0.4 is 4.90 Å². The third kappa shape index (κ3) is 3.82. The zero-order valence-electron chi connectivity index (χ0n) is 26.7. The highest BCUT2D eigenvalue weighted by Crippen LogP contribution is 2.46. The SMILES string of the molecule is c1ccc(N(c2ccc3c(ccc4ccccc43)c2)c2cc3ccc4cccc5c6cccc7ccc8cccc(c(c2)c3c45)c8c76)cc1. The highest BCUT2D eigenvalue weighted by Gasteiger charge is 2.19. The Bertz CT molecular complexity index is 3100. The smallest absolute Gasteiger partial charge is 0.0474 e. The molecule has 0 bridgehead atoms. The zero-order valence-corrected chi connectivity index (χ0v) is 26.7. The molecule has 226 valence electrons. The summed E-state index contributed by atoms with van der Waals surface area (Å²) in [6.45, 7) is 0. The maximum Gasteiger partial charge on any atom is 0.0474 e. The minimum Gasteiger partial charge on any atom is -0.310 e. The summed E-state index contributed by atoms with van der Waals surface area (Å²) in [5.41, 5.74) is 3.41. The molecule has 0 saturated carbocycles. The van der Waals surface area contributed by atoms with Gasteiger partial charge in [-0.25, -0.2) is 0 Å². The van der Waals surface area contributed by atoms with Crippen molar-refractivity contribution in [3.05, 3.63) is 176 Å². The summed E-state index contributed by atoms with van der Waals surface area (Å²) in [5, 5.41) is 20.5. The fraction of sp³-hybridized carbons (Fsp3) is 0. The van der Waals surface area contributed by atoms with Gasteiger partial charge in [0.1, 0.15) is 0 Å². The molecule has 0 aromatic heterocycles. The fourth-order valence-corrected chi connectivity index (χ4v) is 8.56. The number of hydrogen-bond acceptors (Lipinski definition) is 1. The van der Waals surface area contributed by atoms with Gasteiger partial charge in [0.25, 0.3) is 0 Å². The van der Waals surface area contributed by atoms with Gasteiger partial charge < -0.3 is 4.90 Å². The predicted octanol–water partition coefficient (Wildman–Crippen LogP) is 13.8. The zero-order chi connectivity index (χ0) is 32.1. The Labute approximate surface area is 283 Å². The highest BCUT2D eigenvalue weighted by atomic mass is 15.1. The van der Waals surface area contributed by atoms with Gasteiger partial charge in [-0.05, 0) is 123 Å². The Balaban J connectivity index is 1.30. The number of hydrogen-bond donors (Lipinski definition) is 0. The second kappa shape index (κ2) is 10.0. The first-order chi connectivity index (χ1) is 24.3. The predicted molar refractivity (Wildman–Crippen MR) is 212 cm³/mol. The van der Waals surface area contributed by atoms with Crippen LogP contribution in [0.25, 0.3) is 86.2 Å². The lowest BCUT2D eigenvalue weighted by Crippen LogP contribution is -2.10. The first kappa shape index (κ1) is 26.6. The first-order valence-corrected chi connectivity index (χ1v) is 17.0. The molecule has 0 heterocycles. The molecule has 49 heavy (non-hydrogen) atoms. The summed E-state index contributed by atoms with van der Waals surface area (Å²) < 4.78 is 0. The number of rotatable bonds is 3. The summed E-state index contributed by atoms with van der Waals surface area (Å²) in [5.74, 6) is 0. The molecule has 0 radical (unpaired) electrons. The molecule has 0 aliphatic carbocycles. The fourth-order valence-electron chi connectivity index (χ4n) is 8.56. The van der Waals surface area contributed by atoms with Crippen molar-refractivity contribution in [2.24, 2.45) is 0 Å². The summed E-state index contributed by atoms with van der Waals surface area (Å²) in [4.78, 5) is 2.42. The van der Waals surface area contributed by atoms with E-state index in [2.05, 4.69) is 181 Å². The molecule has 0 unspecified atom stereocenters. The van der Waals surface area contributed by atoms with Crippen molar-refractivity contribution in [3.8, 4) is 0 Å². The quantitative estimate of drug-likeness (QED) is 0.178. The van der Waals surface area contributed by atoms with Crippen molar-refractivity contribution < 1.29 is 0 Å². The standard InChI is InChI=1S/C48H29N/c1-2-13-36(14-3-1)49(37-25-26-40-34(27-37)23-19-30-9-4-5-15-39(30)40)38-28-35-24-22-33-11-7-17-42-41-16-6-10-31-20-21-32-12-8-18-43(47(32)45(31)41)44(29-38)48(35)46(33)42/h1-29H. The molecular formula is C48H29N. The monoisotopic (exact) mass is 619 g/mol. The van der Waals surface area contributed by atoms with Crippen molar-refractivity contribution in [1.82, 2.24) is 0 Å². The van der Waals surface area contributed by atoms with Gasteiger partial charge in [0.15, 0.2) is 0 Å². The average molecular weight is 620 g/mol. The Morgan fingerprint density at radius 2 is 0.694 bits per heavy atom. The van der Waals surface area contributed by atoms with Crippen LogP contribution in [-0.4, -0.2) is 0 Å². The van der Waals surface area contributed by atoms with Crippen molar-refractivity contribution in [3.63, 3.8) is 0 Å². The lowest BCUT2D eigenvalue weighted by molar-refractivity contribution is 1.30. The molecule has 0 N–H and O–H groups in total. The second-order valence-corrected chi connectivity index (χ2v) is 13.3. The van der Waals surface area contributed by atoms with Gasteiger partial charge in [-0.2, -0.15) is 0 Å². The highest BCUT2D eigenvalue weighted by molar-refractivity contribution is 6.37. The van der Waals surface area contributed by atoms with Gasteiger partial charge in [-0.1, -0.05) is 140 Å². The van der Waals surface area contributed by atoms with Crippen LogP contribution in [0.5, 0.6) is 0 Å². The largest absolute Gasteiger partial charge is 0.310 e. The van der Waals surface area contributed by atoms with Gasteiger partial charge in [0.2, 0.25) is 0 Å². The van der Waals surface area contributed by atoms with E-state index in [1.165, 1.54) is 86.2 Å². The summed E-state index contributed by atoms with van der Waals surface area (Å²) in [6.07, 6.45) is 0. The van der Waals surface area contributed by atoms with Crippen molar-refractivity contribution in [2.75, 3.05) is 4.90 Å². The third-order valence-corrected chi connectivity index (χ3v) is 10.7. The topological polar surface area (TPSA) is 3.24 Å². The molecule has 0 atom stereocenters. The van der Waals surface area contributed by atoms with E-state index in [1.807, 2.05) is 0 Å². The first-order valence-electron chi connectivity index (χ1n) is 17.0. The van der Waals surface area contributed by atoms with E-state index in [1.54, 1.807) is 0 Å². The Hall–Kier alpha value is -6.44. The summed E-state index contributed by atoms with van der Waals surface area (Å²) >= 11 is 0. The molecule has 1 heteroatoms. The van der Waals surface area contributed by atoms with E-state index < -0.39 is 0 Å². The van der Waals surface area contributed by atoms with E-state index in [4.69, 9.17) is 0 Å². The Morgan fingerprint density at radius 3 is 1.39 bits per heavy atom. The molecule has 1 nitrogen and oxygen atoms in total. The molecular weight excluding hydrogens is 591 g/mol. The van der Waals surface area contributed by atoms with Crippen LogP contribution in [0.15, 0.2) is 176 Å². The molecule has 0 fully saturated rings. The van der Waals surface area contributed by atoms with E-state index in [0.717, 1.165) is 17.1 Å². The van der Waals surface area contributed by atoms with Crippen LogP contribution in [0.4, 0.5) is 17.1 Å². The molecule has 11 aromatic carbocycles. The number of anilines is 3.